The van der Waals surface area contributed by atoms with Crippen molar-refractivity contribution in [1.82, 2.24) is 5.32 Å². The third-order valence-corrected chi connectivity index (χ3v) is 2.85. The van der Waals surface area contributed by atoms with Crippen molar-refractivity contribution in [3.63, 3.8) is 0 Å². The second kappa shape index (κ2) is 6.62. The molecule has 0 aliphatic heterocycles. The lowest BCUT2D eigenvalue weighted by molar-refractivity contribution is 0.0950. The Balaban J connectivity index is 2.57. The Morgan fingerprint density at radius 2 is 2.31 bits per heavy atom. The van der Waals surface area contributed by atoms with Crippen LogP contribution in [0.4, 0.5) is 0 Å². The normalized spacial score (nSPS) is 9.56. The highest BCUT2D eigenvalue weighted by atomic mass is 79.9. The molecule has 0 heterocycles. The number of carbonyl (C=O) groups is 1. The number of unbranched alkanes of at least 4 members (excludes halogenated alkanes) is 1. The quantitative estimate of drug-likeness (QED) is 0.499. The molecule has 1 aromatic rings. The number of nitrogens with one attached hydrogen (secondary N) is 1. The van der Waals surface area contributed by atoms with Gasteiger partial charge < -0.3 is 5.32 Å². The van der Waals surface area contributed by atoms with Gasteiger partial charge in [-0.05, 0) is 24.6 Å². The average Bonchev–Trinajstić information content (AvgIpc) is 2.24. The molecule has 1 aromatic carbocycles. The Morgan fingerprint density at radius 3 is 2.94 bits per heavy atom. The van der Waals surface area contributed by atoms with Gasteiger partial charge in [0.2, 0.25) is 0 Å². The molecule has 0 unspecified atom stereocenters. The van der Waals surface area contributed by atoms with Crippen LogP contribution in [0.5, 0.6) is 0 Å². The third-order valence-electron chi connectivity index (χ3n) is 1.99. The van der Waals surface area contributed by atoms with Crippen LogP contribution in [-0.2, 0) is 0 Å². The van der Waals surface area contributed by atoms with Crippen LogP contribution in [0, 0.1) is 12.3 Å². The second-order valence-electron chi connectivity index (χ2n) is 3.23. The highest BCUT2D eigenvalue weighted by molar-refractivity contribution is 9.10. The van der Waals surface area contributed by atoms with E-state index in [2.05, 4.69) is 39.8 Å². The Morgan fingerprint density at radius 1 is 1.56 bits per heavy atom. The van der Waals surface area contributed by atoms with Crippen LogP contribution in [-0.4, -0.2) is 12.5 Å². The van der Waals surface area contributed by atoms with E-state index in [1.807, 2.05) is 6.07 Å². The molecule has 0 atom stereocenters. The van der Waals surface area contributed by atoms with Gasteiger partial charge in [-0.15, -0.1) is 25.0 Å². The van der Waals surface area contributed by atoms with E-state index in [1.54, 1.807) is 12.1 Å². The van der Waals surface area contributed by atoms with Gasteiger partial charge in [-0.25, -0.2) is 0 Å². The zero-order valence-electron chi connectivity index (χ0n) is 8.66. The molecule has 0 aliphatic rings. The maximum atomic E-state index is 11.7. The topological polar surface area (TPSA) is 29.1 Å². The van der Waals surface area contributed by atoms with Crippen molar-refractivity contribution in [2.24, 2.45) is 0 Å². The van der Waals surface area contributed by atoms with Crippen LogP contribution in [0.1, 0.15) is 23.2 Å². The van der Waals surface area contributed by atoms with Crippen LogP contribution < -0.4 is 5.32 Å². The summed E-state index contributed by atoms with van der Waals surface area (Å²) in [6.07, 6.45) is 6.58. The van der Waals surface area contributed by atoms with Gasteiger partial charge in [-0.3, -0.25) is 4.79 Å². The number of thiol groups is 1. The van der Waals surface area contributed by atoms with Gasteiger partial charge in [-0.1, -0.05) is 15.9 Å². The summed E-state index contributed by atoms with van der Waals surface area (Å²) in [4.78, 5) is 12.4. The van der Waals surface area contributed by atoms with E-state index in [1.165, 1.54) is 0 Å². The summed E-state index contributed by atoms with van der Waals surface area (Å²) in [6, 6.07) is 5.35. The number of hydrogen-bond donors (Lipinski definition) is 2. The largest absolute Gasteiger partial charge is 0.352 e. The molecule has 0 spiro atoms. The van der Waals surface area contributed by atoms with Crippen LogP contribution in [0.15, 0.2) is 27.6 Å². The third kappa shape index (κ3) is 3.92. The number of terminal acetylenes is 1. The van der Waals surface area contributed by atoms with Crippen LogP contribution in [0.2, 0.25) is 0 Å². The van der Waals surface area contributed by atoms with Crippen LogP contribution in [0.25, 0.3) is 0 Å². The van der Waals surface area contributed by atoms with Gasteiger partial charge in [0.1, 0.15) is 0 Å². The molecule has 0 bridgehead atoms. The van der Waals surface area contributed by atoms with Gasteiger partial charge >= 0.3 is 0 Å². The Hall–Kier alpha value is -0.920. The predicted octanol–water partition coefficient (Wildman–Crippen LogP) is 2.88. The molecule has 2 nitrogen and oxygen atoms in total. The summed E-state index contributed by atoms with van der Waals surface area (Å²) in [5, 5.41) is 2.80. The maximum absolute atomic E-state index is 11.7. The number of carbonyl (C=O) groups excluding carboxylic acids is 1. The maximum Gasteiger partial charge on any atom is 0.252 e. The van der Waals surface area contributed by atoms with Crippen molar-refractivity contribution < 1.29 is 4.79 Å². The number of hydrogen-bond acceptors (Lipinski definition) is 2. The lowest BCUT2D eigenvalue weighted by atomic mass is 10.2. The lowest BCUT2D eigenvalue weighted by Crippen LogP contribution is -2.24. The summed E-state index contributed by atoms with van der Waals surface area (Å²) < 4.78 is 0.904. The van der Waals surface area contributed by atoms with E-state index in [4.69, 9.17) is 6.42 Å². The first-order chi connectivity index (χ1) is 7.65. The zero-order valence-corrected chi connectivity index (χ0v) is 11.1. The summed E-state index contributed by atoms with van der Waals surface area (Å²) in [6.45, 7) is 0.590. The summed E-state index contributed by atoms with van der Waals surface area (Å²) >= 11 is 7.56. The van der Waals surface area contributed by atoms with Crippen molar-refractivity contribution >= 4 is 34.5 Å². The molecule has 0 radical (unpaired) electrons. The number of rotatable bonds is 4. The Labute approximate surface area is 109 Å². The standard InChI is InChI=1S/C12H12BrNOS/c1-2-3-4-7-14-12(15)10-6-5-9(13)8-11(10)16/h1,5-6,8,16H,3-4,7H2,(H,14,15). The fraction of sp³-hybridized carbons (Fsp3) is 0.250. The molecule has 16 heavy (non-hydrogen) atoms. The molecule has 0 fully saturated rings. The molecule has 1 amide bonds. The van der Waals surface area contributed by atoms with Crippen molar-refractivity contribution in [2.45, 2.75) is 17.7 Å². The van der Waals surface area contributed by atoms with E-state index in [0.717, 1.165) is 10.9 Å². The minimum atomic E-state index is -0.116. The molecule has 84 valence electrons. The van der Waals surface area contributed by atoms with Crippen molar-refractivity contribution in [1.29, 1.82) is 0 Å². The summed E-state index contributed by atoms with van der Waals surface area (Å²) in [7, 11) is 0. The first-order valence-corrected chi connectivity index (χ1v) is 6.09. The van der Waals surface area contributed by atoms with Gasteiger partial charge in [0.05, 0.1) is 5.56 Å². The molecule has 0 aromatic heterocycles. The lowest BCUT2D eigenvalue weighted by Gasteiger charge is -2.06. The first-order valence-electron chi connectivity index (χ1n) is 4.85. The van der Waals surface area contributed by atoms with Gasteiger partial charge in [0.25, 0.3) is 5.91 Å². The van der Waals surface area contributed by atoms with Crippen LogP contribution >= 0.6 is 28.6 Å². The number of amides is 1. The highest BCUT2D eigenvalue weighted by Crippen LogP contribution is 2.19. The smallest absolute Gasteiger partial charge is 0.252 e. The van der Waals surface area contributed by atoms with Crippen molar-refractivity contribution in [3.05, 3.63) is 28.2 Å². The highest BCUT2D eigenvalue weighted by Gasteiger charge is 2.08. The van der Waals surface area contributed by atoms with E-state index < -0.39 is 0 Å². The van der Waals surface area contributed by atoms with E-state index in [9.17, 15) is 4.79 Å². The minimum absolute atomic E-state index is 0.116. The minimum Gasteiger partial charge on any atom is -0.352 e. The Kier molecular flexibility index (Phi) is 5.44. The summed E-state index contributed by atoms with van der Waals surface area (Å²) in [5.74, 6) is 2.41. The van der Waals surface area contributed by atoms with Gasteiger partial charge in [0.15, 0.2) is 0 Å². The van der Waals surface area contributed by atoms with E-state index >= 15 is 0 Å². The molecule has 4 heteroatoms. The average molecular weight is 298 g/mol. The van der Waals surface area contributed by atoms with Crippen molar-refractivity contribution in [3.8, 4) is 12.3 Å². The summed E-state index contributed by atoms with van der Waals surface area (Å²) in [5.41, 5.74) is 0.576. The van der Waals surface area contributed by atoms with E-state index in [-0.39, 0.29) is 5.91 Å². The molecule has 0 saturated carbocycles. The number of halogens is 1. The number of benzene rings is 1. The second-order valence-corrected chi connectivity index (χ2v) is 4.62. The predicted molar refractivity (Wildman–Crippen MR) is 71.8 cm³/mol. The van der Waals surface area contributed by atoms with Gasteiger partial charge in [-0.2, -0.15) is 0 Å². The first kappa shape index (κ1) is 13.1. The van der Waals surface area contributed by atoms with Crippen molar-refractivity contribution in [2.75, 3.05) is 6.54 Å². The van der Waals surface area contributed by atoms with E-state index in [0.29, 0.717) is 23.4 Å². The zero-order chi connectivity index (χ0) is 12.0. The monoisotopic (exact) mass is 297 g/mol. The molecule has 0 aliphatic carbocycles. The Bertz CT molecular complexity index is 426. The molecule has 1 rings (SSSR count). The molecule has 1 N–H and O–H groups in total. The molecular weight excluding hydrogens is 286 g/mol. The van der Waals surface area contributed by atoms with Crippen LogP contribution in [0.3, 0.4) is 0 Å². The molecular formula is C12H12BrNOS. The fourth-order valence-electron chi connectivity index (χ4n) is 1.18. The SMILES string of the molecule is C#CCCCNC(=O)c1ccc(Br)cc1S. The van der Waals surface area contributed by atoms with Gasteiger partial charge in [0, 0.05) is 22.3 Å². The molecule has 0 saturated heterocycles. The fourth-order valence-corrected chi connectivity index (χ4v) is 2.04.